The summed E-state index contributed by atoms with van der Waals surface area (Å²) >= 11 is 0. The van der Waals surface area contributed by atoms with E-state index < -0.39 is 0 Å². The molecule has 2 N–H and O–H groups in total. The minimum Gasteiger partial charge on any atom is -0.373 e. The molecule has 0 amide bonds. The fourth-order valence-electron chi connectivity index (χ4n) is 3.27. The lowest BCUT2D eigenvalue weighted by Crippen LogP contribution is -2.36. The van der Waals surface area contributed by atoms with Crippen LogP contribution in [-0.4, -0.2) is 44.2 Å². The second-order valence-corrected chi connectivity index (χ2v) is 6.46. The van der Waals surface area contributed by atoms with Crippen molar-refractivity contribution < 1.29 is 0 Å². The van der Waals surface area contributed by atoms with E-state index in [0.29, 0.717) is 6.04 Å². The molecule has 1 aromatic rings. The Morgan fingerprint density at radius 1 is 1.45 bits per heavy atom. The maximum atomic E-state index is 5.88. The molecule has 0 spiro atoms. The van der Waals surface area contributed by atoms with E-state index in [0.717, 1.165) is 13.0 Å². The molecule has 3 heteroatoms. The Bertz CT molecular complexity index is 442. The van der Waals surface area contributed by atoms with Gasteiger partial charge in [-0.1, -0.05) is 12.1 Å². The average molecular weight is 275 g/mol. The third kappa shape index (κ3) is 3.74. The number of rotatable bonds is 5. The van der Waals surface area contributed by atoms with Crippen LogP contribution in [0, 0.1) is 6.92 Å². The van der Waals surface area contributed by atoms with Crippen LogP contribution in [0.5, 0.6) is 0 Å². The number of nitrogens with two attached hydrogens (primary N) is 1. The number of hydrogen-bond acceptors (Lipinski definition) is 3. The Kier molecular flexibility index (Phi) is 5.06. The van der Waals surface area contributed by atoms with Gasteiger partial charge < -0.3 is 15.5 Å². The maximum absolute atomic E-state index is 5.88. The van der Waals surface area contributed by atoms with E-state index >= 15 is 0 Å². The second kappa shape index (κ2) is 6.59. The number of benzene rings is 1. The van der Waals surface area contributed by atoms with Crippen LogP contribution in [0.25, 0.3) is 0 Å². The maximum Gasteiger partial charge on any atom is 0.0394 e. The Labute approximate surface area is 123 Å². The van der Waals surface area contributed by atoms with Crippen molar-refractivity contribution in [3.05, 3.63) is 29.3 Å². The van der Waals surface area contributed by atoms with Gasteiger partial charge in [0.15, 0.2) is 0 Å². The van der Waals surface area contributed by atoms with Gasteiger partial charge >= 0.3 is 0 Å². The molecule has 1 heterocycles. The highest BCUT2D eigenvalue weighted by atomic mass is 15.2. The second-order valence-electron chi connectivity index (χ2n) is 6.46. The van der Waals surface area contributed by atoms with E-state index in [2.05, 4.69) is 55.9 Å². The molecule has 0 radical (unpaired) electrons. The lowest BCUT2D eigenvalue weighted by molar-refractivity contribution is 0.314. The SMILES string of the molecule is Cc1cc(CC(C)N)ccc1N(C)CC1CCCN1C. The quantitative estimate of drug-likeness (QED) is 0.896. The van der Waals surface area contributed by atoms with E-state index in [1.807, 2.05) is 0 Å². The van der Waals surface area contributed by atoms with Crippen LogP contribution in [0.15, 0.2) is 18.2 Å². The van der Waals surface area contributed by atoms with E-state index in [4.69, 9.17) is 5.73 Å². The molecule has 1 fully saturated rings. The molecule has 2 atom stereocenters. The summed E-state index contributed by atoms with van der Waals surface area (Å²) in [6.45, 7) is 6.62. The van der Waals surface area contributed by atoms with Crippen LogP contribution in [0.4, 0.5) is 5.69 Å². The zero-order valence-electron chi connectivity index (χ0n) is 13.4. The van der Waals surface area contributed by atoms with Crippen molar-refractivity contribution in [3.63, 3.8) is 0 Å². The average Bonchev–Trinajstić information content (AvgIpc) is 2.74. The highest BCUT2D eigenvalue weighted by molar-refractivity contribution is 5.54. The molecule has 112 valence electrons. The number of aryl methyl sites for hydroxylation is 1. The van der Waals surface area contributed by atoms with Gasteiger partial charge in [0.2, 0.25) is 0 Å². The first-order chi connectivity index (χ1) is 9.47. The van der Waals surface area contributed by atoms with Crippen molar-refractivity contribution in [2.75, 3.05) is 32.1 Å². The largest absolute Gasteiger partial charge is 0.373 e. The van der Waals surface area contributed by atoms with Crippen molar-refractivity contribution in [3.8, 4) is 0 Å². The molecule has 1 saturated heterocycles. The first-order valence-corrected chi connectivity index (χ1v) is 7.74. The smallest absolute Gasteiger partial charge is 0.0394 e. The van der Waals surface area contributed by atoms with Crippen molar-refractivity contribution >= 4 is 5.69 Å². The van der Waals surface area contributed by atoms with Gasteiger partial charge in [0, 0.05) is 31.4 Å². The molecule has 0 bridgehead atoms. The summed E-state index contributed by atoms with van der Waals surface area (Å²) in [5.74, 6) is 0. The van der Waals surface area contributed by atoms with Gasteiger partial charge in [0.25, 0.3) is 0 Å². The van der Waals surface area contributed by atoms with Crippen LogP contribution >= 0.6 is 0 Å². The number of likely N-dealkylation sites (tertiary alicyclic amines) is 1. The predicted octanol–water partition coefficient (Wildman–Crippen LogP) is 2.42. The summed E-state index contributed by atoms with van der Waals surface area (Å²) in [4.78, 5) is 4.88. The molecule has 0 aliphatic carbocycles. The molecule has 2 rings (SSSR count). The van der Waals surface area contributed by atoms with Crippen LogP contribution < -0.4 is 10.6 Å². The fourth-order valence-corrected chi connectivity index (χ4v) is 3.27. The predicted molar refractivity (Wildman–Crippen MR) is 87.5 cm³/mol. The van der Waals surface area contributed by atoms with Gasteiger partial charge in [-0.2, -0.15) is 0 Å². The van der Waals surface area contributed by atoms with Crippen molar-refractivity contribution in [1.82, 2.24) is 4.90 Å². The minimum absolute atomic E-state index is 0.227. The fraction of sp³-hybridized carbons (Fsp3) is 0.647. The van der Waals surface area contributed by atoms with Crippen molar-refractivity contribution in [2.24, 2.45) is 5.73 Å². The Morgan fingerprint density at radius 3 is 2.75 bits per heavy atom. The summed E-state index contributed by atoms with van der Waals surface area (Å²) in [6, 6.07) is 7.68. The third-order valence-electron chi connectivity index (χ3n) is 4.39. The molecular formula is C17H29N3. The van der Waals surface area contributed by atoms with Crippen LogP contribution in [0.1, 0.15) is 30.9 Å². The summed E-state index contributed by atoms with van der Waals surface area (Å²) in [7, 11) is 4.45. The summed E-state index contributed by atoms with van der Waals surface area (Å²) < 4.78 is 0. The molecule has 3 nitrogen and oxygen atoms in total. The molecule has 1 aromatic carbocycles. The Morgan fingerprint density at radius 2 is 2.20 bits per heavy atom. The molecule has 1 aliphatic heterocycles. The van der Waals surface area contributed by atoms with Crippen LogP contribution in [0.2, 0.25) is 0 Å². The monoisotopic (exact) mass is 275 g/mol. The van der Waals surface area contributed by atoms with Crippen molar-refractivity contribution in [1.29, 1.82) is 0 Å². The lowest BCUT2D eigenvalue weighted by atomic mass is 10.0. The summed E-state index contributed by atoms with van der Waals surface area (Å²) in [5.41, 5.74) is 9.92. The van der Waals surface area contributed by atoms with Crippen molar-refractivity contribution in [2.45, 2.75) is 45.2 Å². The third-order valence-corrected chi connectivity index (χ3v) is 4.39. The molecule has 1 aliphatic rings. The zero-order chi connectivity index (χ0) is 14.7. The molecule has 2 unspecified atom stereocenters. The van der Waals surface area contributed by atoms with Gasteiger partial charge in [-0.25, -0.2) is 0 Å². The van der Waals surface area contributed by atoms with Gasteiger partial charge in [-0.15, -0.1) is 0 Å². The van der Waals surface area contributed by atoms with Gasteiger partial charge in [-0.3, -0.25) is 0 Å². The first-order valence-electron chi connectivity index (χ1n) is 7.74. The number of hydrogen-bond donors (Lipinski definition) is 1. The van der Waals surface area contributed by atoms with E-state index in [1.165, 1.54) is 36.2 Å². The Hall–Kier alpha value is -1.06. The number of anilines is 1. The Balaban J connectivity index is 2.04. The van der Waals surface area contributed by atoms with Gasteiger partial charge in [0.05, 0.1) is 0 Å². The summed E-state index contributed by atoms with van der Waals surface area (Å²) in [5, 5.41) is 0. The minimum atomic E-state index is 0.227. The highest BCUT2D eigenvalue weighted by Crippen LogP contribution is 2.23. The molecule has 0 aromatic heterocycles. The van der Waals surface area contributed by atoms with E-state index in [9.17, 15) is 0 Å². The lowest BCUT2D eigenvalue weighted by Gasteiger charge is -2.28. The first kappa shape index (κ1) is 15.3. The molecule has 0 saturated carbocycles. The van der Waals surface area contributed by atoms with E-state index in [-0.39, 0.29) is 6.04 Å². The number of likely N-dealkylation sites (N-methyl/N-ethyl adjacent to an activating group) is 2. The zero-order valence-corrected chi connectivity index (χ0v) is 13.4. The van der Waals surface area contributed by atoms with Gasteiger partial charge in [-0.05, 0) is 63.9 Å². The highest BCUT2D eigenvalue weighted by Gasteiger charge is 2.22. The normalized spacial score (nSPS) is 21.1. The van der Waals surface area contributed by atoms with E-state index in [1.54, 1.807) is 0 Å². The van der Waals surface area contributed by atoms with Gasteiger partial charge in [0.1, 0.15) is 0 Å². The van der Waals surface area contributed by atoms with Crippen LogP contribution in [-0.2, 0) is 6.42 Å². The standard InChI is InChI=1S/C17H29N3/c1-13-10-15(11-14(2)18)7-8-17(13)20(4)12-16-6-5-9-19(16)3/h7-8,10,14,16H,5-6,9,11-12,18H2,1-4H3. The molecular weight excluding hydrogens is 246 g/mol. The van der Waals surface area contributed by atoms with Crippen LogP contribution in [0.3, 0.4) is 0 Å². The summed E-state index contributed by atoms with van der Waals surface area (Å²) in [6.07, 6.45) is 3.61. The number of nitrogens with zero attached hydrogens (tertiary/aromatic N) is 2. The topological polar surface area (TPSA) is 32.5 Å². The molecule has 20 heavy (non-hydrogen) atoms.